The van der Waals surface area contributed by atoms with Gasteiger partial charge < -0.3 is 5.11 Å². The van der Waals surface area contributed by atoms with Crippen molar-refractivity contribution in [3.8, 4) is 16.9 Å². The van der Waals surface area contributed by atoms with Gasteiger partial charge in [-0.15, -0.1) is 0 Å². The van der Waals surface area contributed by atoms with Crippen LogP contribution in [0.5, 0.6) is 5.75 Å². The number of aromatic nitrogens is 2. The zero-order chi connectivity index (χ0) is 18.8. The minimum absolute atomic E-state index is 0.0106. The van der Waals surface area contributed by atoms with Gasteiger partial charge in [-0.2, -0.15) is 0 Å². The van der Waals surface area contributed by atoms with E-state index in [1.54, 1.807) is 18.5 Å². The van der Waals surface area contributed by atoms with Gasteiger partial charge in [-0.05, 0) is 54.7 Å². The van der Waals surface area contributed by atoms with Gasteiger partial charge in [-0.1, -0.05) is 12.1 Å². The van der Waals surface area contributed by atoms with Crippen molar-refractivity contribution in [1.82, 2.24) is 9.97 Å². The van der Waals surface area contributed by atoms with Gasteiger partial charge in [-0.3, -0.25) is 0 Å². The zero-order valence-corrected chi connectivity index (χ0v) is 14.4. The van der Waals surface area contributed by atoms with Crippen LogP contribution < -0.4 is 0 Å². The number of phenolic OH excluding ortho intramolecular Hbond substituents is 1. The third kappa shape index (κ3) is 3.54. The van der Waals surface area contributed by atoms with Gasteiger partial charge in [0, 0.05) is 24.4 Å². The third-order valence-corrected chi connectivity index (χ3v) is 4.23. The van der Waals surface area contributed by atoms with Crippen LogP contribution in [0.15, 0.2) is 36.7 Å². The second-order valence-corrected chi connectivity index (χ2v) is 6.18. The molecule has 6 heteroatoms. The van der Waals surface area contributed by atoms with Gasteiger partial charge in [0.15, 0.2) is 17.4 Å². The highest BCUT2D eigenvalue weighted by atomic mass is 19.1. The topological polar surface area (TPSA) is 46.0 Å². The summed E-state index contributed by atoms with van der Waals surface area (Å²) in [6.45, 7) is 3.26. The standard InChI is InChI=1S/C20H17F3N2O/c1-11-9-24-18(25-10-11)6-4-13-3-5-14(16(21)7-13)15-8-17(22)20(26)19(23)12(15)2/h3,5,7-10,26H,4,6H2,1-2H3. The summed E-state index contributed by atoms with van der Waals surface area (Å²) in [5.41, 5.74) is 1.84. The molecule has 0 unspecified atom stereocenters. The van der Waals surface area contributed by atoms with Crippen LogP contribution in [0.25, 0.3) is 11.1 Å². The maximum Gasteiger partial charge on any atom is 0.188 e. The molecule has 0 aliphatic rings. The van der Waals surface area contributed by atoms with Gasteiger partial charge in [0.25, 0.3) is 0 Å². The zero-order valence-electron chi connectivity index (χ0n) is 14.4. The van der Waals surface area contributed by atoms with Crippen molar-refractivity contribution >= 4 is 0 Å². The number of phenols is 1. The molecule has 0 radical (unpaired) electrons. The van der Waals surface area contributed by atoms with Gasteiger partial charge in [0.2, 0.25) is 0 Å². The summed E-state index contributed by atoms with van der Waals surface area (Å²) in [5.74, 6) is -3.18. The average Bonchev–Trinajstić information content (AvgIpc) is 2.63. The molecule has 1 heterocycles. The lowest BCUT2D eigenvalue weighted by atomic mass is 9.97. The average molecular weight is 358 g/mol. The summed E-state index contributed by atoms with van der Waals surface area (Å²) in [4.78, 5) is 8.42. The Hall–Kier alpha value is -2.89. The van der Waals surface area contributed by atoms with Crippen molar-refractivity contribution < 1.29 is 18.3 Å². The molecule has 134 valence electrons. The summed E-state index contributed by atoms with van der Waals surface area (Å²) < 4.78 is 42.0. The van der Waals surface area contributed by atoms with Crippen molar-refractivity contribution in [1.29, 1.82) is 0 Å². The molecule has 0 fully saturated rings. The number of aromatic hydroxyl groups is 1. The number of hydrogen-bond donors (Lipinski definition) is 1. The van der Waals surface area contributed by atoms with Crippen molar-refractivity contribution in [3.63, 3.8) is 0 Å². The molecule has 0 aliphatic carbocycles. The Morgan fingerprint density at radius 1 is 0.885 bits per heavy atom. The molecular formula is C20H17F3N2O. The highest BCUT2D eigenvalue weighted by Gasteiger charge is 2.18. The normalized spacial score (nSPS) is 11.0. The second kappa shape index (κ2) is 7.15. The maximum absolute atomic E-state index is 14.5. The van der Waals surface area contributed by atoms with Crippen LogP contribution in [0.2, 0.25) is 0 Å². The number of halogens is 3. The number of rotatable bonds is 4. The van der Waals surface area contributed by atoms with E-state index in [1.807, 2.05) is 6.92 Å². The van der Waals surface area contributed by atoms with E-state index in [9.17, 15) is 18.3 Å². The molecule has 3 aromatic rings. The summed E-state index contributed by atoms with van der Waals surface area (Å²) >= 11 is 0. The Bertz CT molecular complexity index is 956. The Balaban J connectivity index is 1.85. The molecule has 0 amide bonds. The number of nitrogens with zero attached hydrogens (tertiary/aromatic N) is 2. The van der Waals surface area contributed by atoms with Gasteiger partial charge in [-0.25, -0.2) is 23.1 Å². The van der Waals surface area contributed by atoms with Crippen LogP contribution in [0.3, 0.4) is 0 Å². The lowest BCUT2D eigenvalue weighted by Crippen LogP contribution is -1.99. The molecule has 0 aliphatic heterocycles. The molecule has 0 saturated heterocycles. The van der Waals surface area contributed by atoms with E-state index in [0.717, 1.165) is 17.2 Å². The SMILES string of the molecule is Cc1cnc(CCc2ccc(-c3cc(F)c(O)c(F)c3C)c(F)c2)nc1. The maximum atomic E-state index is 14.5. The van der Waals surface area contributed by atoms with Crippen LogP contribution in [-0.4, -0.2) is 15.1 Å². The Kier molecular flexibility index (Phi) is 4.93. The van der Waals surface area contributed by atoms with Gasteiger partial charge in [0.1, 0.15) is 11.6 Å². The molecule has 0 saturated carbocycles. The van der Waals surface area contributed by atoms with Crippen LogP contribution in [-0.2, 0) is 12.8 Å². The van der Waals surface area contributed by atoms with Crippen molar-refractivity contribution in [3.05, 3.63) is 76.6 Å². The van der Waals surface area contributed by atoms with Gasteiger partial charge >= 0.3 is 0 Å². The van der Waals surface area contributed by atoms with E-state index < -0.39 is 23.2 Å². The molecule has 0 spiro atoms. The Morgan fingerprint density at radius 3 is 2.23 bits per heavy atom. The molecule has 1 N–H and O–H groups in total. The van der Waals surface area contributed by atoms with E-state index >= 15 is 0 Å². The minimum Gasteiger partial charge on any atom is -0.503 e. The number of hydrogen-bond acceptors (Lipinski definition) is 3. The van der Waals surface area contributed by atoms with E-state index in [-0.39, 0.29) is 16.7 Å². The lowest BCUT2D eigenvalue weighted by molar-refractivity contribution is 0.394. The molecule has 0 bridgehead atoms. The van der Waals surface area contributed by atoms with Crippen molar-refractivity contribution in [2.24, 2.45) is 0 Å². The molecule has 2 aromatic carbocycles. The quantitative estimate of drug-likeness (QED) is 0.737. The smallest absolute Gasteiger partial charge is 0.188 e. The molecule has 26 heavy (non-hydrogen) atoms. The highest BCUT2D eigenvalue weighted by Crippen LogP contribution is 2.34. The first kappa shape index (κ1) is 17.9. The number of benzene rings is 2. The largest absolute Gasteiger partial charge is 0.503 e. The van der Waals surface area contributed by atoms with Crippen molar-refractivity contribution in [2.45, 2.75) is 26.7 Å². The van der Waals surface area contributed by atoms with Crippen LogP contribution in [0.1, 0.15) is 22.5 Å². The third-order valence-electron chi connectivity index (χ3n) is 4.23. The fourth-order valence-electron chi connectivity index (χ4n) is 2.72. The lowest BCUT2D eigenvalue weighted by Gasteiger charge is -2.11. The Labute approximate surface area is 149 Å². The fraction of sp³-hybridized carbons (Fsp3) is 0.200. The first-order valence-corrected chi connectivity index (χ1v) is 8.10. The summed E-state index contributed by atoms with van der Waals surface area (Å²) in [6.07, 6.45) is 4.55. The van der Waals surface area contributed by atoms with Gasteiger partial charge in [0.05, 0.1) is 0 Å². The van der Waals surface area contributed by atoms with E-state index in [4.69, 9.17) is 0 Å². The van der Waals surface area contributed by atoms with E-state index in [0.29, 0.717) is 18.7 Å². The second-order valence-electron chi connectivity index (χ2n) is 6.18. The summed E-state index contributed by atoms with van der Waals surface area (Å²) in [7, 11) is 0. The fourth-order valence-corrected chi connectivity index (χ4v) is 2.72. The number of aryl methyl sites for hydroxylation is 3. The first-order valence-electron chi connectivity index (χ1n) is 8.10. The molecule has 3 nitrogen and oxygen atoms in total. The predicted octanol–water partition coefficient (Wildman–Crippen LogP) is 4.67. The monoisotopic (exact) mass is 358 g/mol. The van der Waals surface area contributed by atoms with Crippen molar-refractivity contribution in [2.75, 3.05) is 0 Å². The van der Waals surface area contributed by atoms with Crippen LogP contribution >= 0.6 is 0 Å². The Morgan fingerprint density at radius 2 is 1.58 bits per heavy atom. The van der Waals surface area contributed by atoms with E-state index in [1.165, 1.54) is 19.1 Å². The first-order chi connectivity index (χ1) is 12.4. The van der Waals surface area contributed by atoms with Crippen LogP contribution in [0, 0.1) is 31.3 Å². The molecule has 0 atom stereocenters. The minimum atomic E-state index is -1.12. The summed E-state index contributed by atoms with van der Waals surface area (Å²) in [6, 6.07) is 5.46. The summed E-state index contributed by atoms with van der Waals surface area (Å²) in [5, 5.41) is 9.31. The van der Waals surface area contributed by atoms with E-state index in [2.05, 4.69) is 9.97 Å². The molecule has 1 aromatic heterocycles. The van der Waals surface area contributed by atoms with Crippen LogP contribution in [0.4, 0.5) is 13.2 Å². The predicted molar refractivity (Wildman–Crippen MR) is 92.3 cm³/mol. The molecule has 3 rings (SSSR count). The molecular weight excluding hydrogens is 341 g/mol. The highest BCUT2D eigenvalue weighted by molar-refractivity contribution is 5.69.